The van der Waals surface area contributed by atoms with E-state index >= 15 is 0 Å². The van der Waals surface area contributed by atoms with Crippen LogP contribution in [0.2, 0.25) is 0 Å². The molecule has 122 valence electrons. The summed E-state index contributed by atoms with van der Waals surface area (Å²) in [6, 6.07) is 7.76. The highest BCUT2D eigenvalue weighted by atomic mass is 16.5. The fourth-order valence-corrected chi connectivity index (χ4v) is 4.18. The Morgan fingerprint density at radius 3 is 2.78 bits per heavy atom. The topological polar surface area (TPSA) is 58.6 Å². The van der Waals surface area contributed by atoms with Crippen molar-refractivity contribution >= 4 is 11.8 Å². The SMILES string of the molecule is C[C@]12C[C@H](c3ccccc3O1)C(C(=O)N1CCCCC1)C(=O)N2. The van der Waals surface area contributed by atoms with Gasteiger partial charge < -0.3 is 15.0 Å². The Bertz CT molecular complexity index is 653. The number of amides is 2. The third-order valence-electron chi connectivity index (χ3n) is 5.27. The highest BCUT2D eigenvalue weighted by molar-refractivity contribution is 6.02. The Morgan fingerprint density at radius 1 is 1.26 bits per heavy atom. The van der Waals surface area contributed by atoms with Gasteiger partial charge in [0, 0.05) is 25.4 Å². The average molecular weight is 314 g/mol. The van der Waals surface area contributed by atoms with E-state index in [1.54, 1.807) is 0 Å². The van der Waals surface area contributed by atoms with Crippen LogP contribution < -0.4 is 10.1 Å². The molecular formula is C18H22N2O3. The number of benzene rings is 1. The molecule has 5 heteroatoms. The van der Waals surface area contributed by atoms with Gasteiger partial charge in [0.25, 0.3) is 0 Å². The Balaban J connectivity index is 1.70. The van der Waals surface area contributed by atoms with Crippen molar-refractivity contribution in [1.29, 1.82) is 0 Å². The number of fused-ring (bicyclic) bond motifs is 4. The second-order valence-corrected chi connectivity index (χ2v) is 7.03. The zero-order valence-corrected chi connectivity index (χ0v) is 13.4. The number of nitrogens with zero attached hydrogens (tertiary/aromatic N) is 1. The van der Waals surface area contributed by atoms with Crippen LogP contribution in [0.5, 0.6) is 5.75 Å². The van der Waals surface area contributed by atoms with Crippen LogP contribution in [0.3, 0.4) is 0 Å². The number of ether oxygens (including phenoxy) is 1. The van der Waals surface area contributed by atoms with Crippen molar-refractivity contribution in [3.63, 3.8) is 0 Å². The van der Waals surface area contributed by atoms with E-state index < -0.39 is 11.6 Å². The molecule has 0 radical (unpaired) electrons. The number of nitrogens with one attached hydrogen (secondary N) is 1. The molecule has 5 nitrogen and oxygen atoms in total. The molecule has 1 aromatic carbocycles. The maximum Gasteiger partial charge on any atom is 0.236 e. The number of rotatable bonds is 1. The number of para-hydroxylation sites is 1. The second-order valence-electron chi connectivity index (χ2n) is 7.03. The maximum atomic E-state index is 13.0. The number of hydrogen-bond acceptors (Lipinski definition) is 3. The third kappa shape index (κ3) is 2.38. The fourth-order valence-electron chi connectivity index (χ4n) is 4.18. The van der Waals surface area contributed by atoms with Gasteiger partial charge in [-0.15, -0.1) is 0 Å². The van der Waals surface area contributed by atoms with E-state index in [1.165, 1.54) is 6.42 Å². The van der Waals surface area contributed by atoms with Crippen LogP contribution in [-0.4, -0.2) is 35.5 Å². The zero-order valence-electron chi connectivity index (χ0n) is 13.4. The van der Waals surface area contributed by atoms with Gasteiger partial charge in [-0.05, 0) is 37.8 Å². The van der Waals surface area contributed by atoms with Crippen LogP contribution in [-0.2, 0) is 9.59 Å². The highest BCUT2D eigenvalue weighted by Gasteiger charge is 2.52. The van der Waals surface area contributed by atoms with Gasteiger partial charge in [0.1, 0.15) is 11.7 Å². The van der Waals surface area contributed by atoms with E-state index in [1.807, 2.05) is 36.1 Å². The molecule has 0 saturated carbocycles. The van der Waals surface area contributed by atoms with Crippen LogP contribution in [0.25, 0.3) is 0 Å². The third-order valence-corrected chi connectivity index (χ3v) is 5.27. The van der Waals surface area contributed by atoms with Gasteiger partial charge in [-0.3, -0.25) is 9.59 Å². The first-order chi connectivity index (χ1) is 11.1. The first kappa shape index (κ1) is 14.5. The van der Waals surface area contributed by atoms with E-state index in [0.29, 0.717) is 6.42 Å². The Hall–Kier alpha value is -2.04. The van der Waals surface area contributed by atoms with E-state index in [-0.39, 0.29) is 17.7 Å². The van der Waals surface area contributed by atoms with Crippen molar-refractivity contribution in [2.24, 2.45) is 5.92 Å². The van der Waals surface area contributed by atoms with E-state index in [2.05, 4.69) is 5.32 Å². The molecule has 0 aromatic heterocycles. The average Bonchev–Trinajstić information content (AvgIpc) is 2.54. The first-order valence-corrected chi connectivity index (χ1v) is 8.46. The summed E-state index contributed by atoms with van der Waals surface area (Å²) in [5.74, 6) is -0.179. The van der Waals surface area contributed by atoms with Gasteiger partial charge in [-0.1, -0.05) is 18.2 Å². The van der Waals surface area contributed by atoms with Gasteiger partial charge in [0.15, 0.2) is 5.72 Å². The number of piperidine rings is 2. The van der Waals surface area contributed by atoms with Gasteiger partial charge in [-0.25, -0.2) is 0 Å². The number of carbonyl (C=O) groups excluding carboxylic acids is 2. The molecule has 0 spiro atoms. The van der Waals surface area contributed by atoms with Gasteiger partial charge >= 0.3 is 0 Å². The lowest BCUT2D eigenvalue weighted by Gasteiger charge is -2.47. The van der Waals surface area contributed by atoms with Crippen molar-refractivity contribution in [2.45, 2.75) is 44.2 Å². The lowest BCUT2D eigenvalue weighted by molar-refractivity contribution is -0.152. The van der Waals surface area contributed by atoms with Crippen molar-refractivity contribution in [3.8, 4) is 5.75 Å². The summed E-state index contributed by atoms with van der Waals surface area (Å²) in [6.07, 6.45) is 3.86. The molecule has 1 N–H and O–H groups in total. The molecule has 4 rings (SSSR count). The van der Waals surface area contributed by atoms with Gasteiger partial charge in [-0.2, -0.15) is 0 Å². The Labute approximate surface area is 136 Å². The molecule has 3 aliphatic heterocycles. The highest BCUT2D eigenvalue weighted by Crippen LogP contribution is 2.47. The summed E-state index contributed by atoms with van der Waals surface area (Å²) < 4.78 is 5.98. The Morgan fingerprint density at radius 2 is 2.00 bits per heavy atom. The molecule has 2 amide bonds. The Kier molecular flexibility index (Phi) is 3.32. The quantitative estimate of drug-likeness (QED) is 0.807. The number of likely N-dealkylation sites (tertiary alicyclic amines) is 1. The molecular weight excluding hydrogens is 292 g/mol. The van der Waals surface area contributed by atoms with Crippen LogP contribution >= 0.6 is 0 Å². The number of carbonyl (C=O) groups is 2. The summed E-state index contributed by atoms with van der Waals surface area (Å²) in [4.78, 5) is 27.5. The maximum absolute atomic E-state index is 13.0. The smallest absolute Gasteiger partial charge is 0.236 e. The van der Waals surface area contributed by atoms with Gasteiger partial charge in [0.05, 0.1) is 0 Å². The molecule has 23 heavy (non-hydrogen) atoms. The summed E-state index contributed by atoms with van der Waals surface area (Å²) in [7, 11) is 0. The molecule has 2 fully saturated rings. The summed E-state index contributed by atoms with van der Waals surface area (Å²) in [5, 5.41) is 2.93. The standard InChI is InChI=1S/C18H22N2O3/c1-18-11-13(12-7-3-4-8-14(12)23-18)15(16(21)19-18)17(22)20-9-5-2-6-10-20/h3-4,7-8,13,15H,2,5-6,9-11H2,1H3,(H,19,21)/t13-,15?,18-/m1/s1. The largest absolute Gasteiger partial charge is 0.468 e. The molecule has 0 aliphatic carbocycles. The lowest BCUT2D eigenvalue weighted by atomic mass is 9.74. The normalized spacial score (nSPS) is 32.6. The van der Waals surface area contributed by atoms with Crippen LogP contribution in [0.15, 0.2) is 24.3 Å². The van der Waals surface area contributed by atoms with E-state index in [0.717, 1.165) is 37.2 Å². The second kappa shape index (κ2) is 5.25. The summed E-state index contributed by atoms with van der Waals surface area (Å²) in [5.41, 5.74) is 0.268. The monoisotopic (exact) mass is 314 g/mol. The van der Waals surface area contributed by atoms with Crippen LogP contribution in [0.1, 0.15) is 44.1 Å². The predicted molar refractivity (Wildman–Crippen MR) is 84.9 cm³/mol. The first-order valence-electron chi connectivity index (χ1n) is 8.46. The van der Waals surface area contributed by atoms with Crippen molar-refractivity contribution < 1.29 is 14.3 Å². The minimum absolute atomic E-state index is 0.0223. The summed E-state index contributed by atoms with van der Waals surface area (Å²) >= 11 is 0. The van der Waals surface area contributed by atoms with Crippen molar-refractivity contribution in [2.75, 3.05) is 13.1 Å². The minimum atomic E-state index is -0.714. The molecule has 3 heterocycles. The molecule has 1 aromatic rings. The van der Waals surface area contributed by atoms with Gasteiger partial charge in [0.2, 0.25) is 11.8 Å². The molecule has 1 unspecified atom stereocenters. The fraction of sp³-hybridized carbons (Fsp3) is 0.556. The molecule has 2 bridgehead atoms. The molecule has 3 aliphatic rings. The van der Waals surface area contributed by atoms with Crippen molar-refractivity contribution in [3.05, 3.63) is 29.8 Å². The summed E-state index contributed by atoms with van der Waals surface area (Å²) in [6.45, 7) is 3.42. The molecule has 2 saturated heterocycles. The number of hydrogen-bond donors (Lipinski definition) is 1. The van der Waals surface area contributed by atoms with Crippen LogP contribution in [0, 0.1) is 5.92 Å². The van der Waals surface area contributed by atoms with Crippen LogP contribution in [0.4, 0.5) is 0 Å². The van der Waals surface area contributed by atoms with E-state index in [9.17, 15) is 9.59 Å². The minimum Gasteiger partial charge on any atom is -0.468 e. The van der Waals surface area contributed by atoms with E-state index in [4.69, 9.17) is 4.74 Å². The zero-order chi connectivity index (χ0) is 16.0. The molecule has 3 atom stereocenters. The predicted octanol–water partition coefficient (Wildman–Crippen LogP) is 2.03. The van der Waals surface area contributed by atoms with Crippen molar-refractivity contribution in [1.82, 2.24) is 10.2 Å². The lowest BCUT2D eigenvalue weighted by Crippen LogP contribution is -2.63.